The summed E-state index contributed by atoms with van der Waals surface area (Å²) in [4.78, 5) is 87.4. The minimum Gasteiger partial charge on any atom is -0.494 e. The number of pyridine rings is 2. The maximum Gasteiger partial charge on any atom is 0.306 e. The third-order valence-electron chi connectivity index (χ3n) is 10.2. The molecule has 66 heavy (non-hydrogen) atoms. The number of methoxy groups -OCH3 is 3. The number of carbonyl (C=O) groups excluding carboxylic acids is 6. The first-order chi connectivity index (χ1) is 31.9. The quantitative estimate of drug-likeness (QED) is 0.0169. The number of hydrogen-bond acceptors (Lipinski definition) is 18. The summed E-state index contributed by atoms with van der Waals surface area (Å²) in [7, 11) is 4.53. The van der Waals surface area contributed by atoms with Gasteiger partial charge in [-0.3, -0.25) is 28.8 Å². The van der Waals surface area contributed by atoms with Crippen molar-refractivity contribution >= 4 is 90.1 Å². The van der Waals surface area contributed by atoms with E-state index >= 15 is 0 Å². The number of fused-ring (bicyclic) bond motifs is 3. The highest BCUT2D eigenvalue weighted by Crippen LogP contribution is 2.37. The van der Waals surface area contributed by atoms with Crippen LogP contribution in [0.5, 0.6) is 28.9 Å². The summed E-state index contributed by atoms with van der Waals surface area (Å²) in [6.07, 6.45) is 1.28. The predicted molar refractivity (Wildman–Crippen MR) is 244 cm³/mol. The number of unbranched alkanes of at least 4 members (excludes halogenated alkanes) is 1. The van der Waals surface area contributed by atoms with Gasteiger partial charge in [-0.2, -0.15) is 4.98 Å². The number of aromatic nitrogens is 2. The van der Waals surface area contributed by atoms with E-state index in [0.29, 0.717) is 74.8 Å². The molecule has 0 spiro atoms. The van der Waals surface area contributed by atoms with Crippen LogP contribution in [-0.4, -0.2) is 105 Å². The van der Waals surface area contributed by atoms with Crippen molar-refractivity contribution in [1.82, 2.24) is 14.9 Å². The summed E-state index contributed by atoms with van der Waals surface area (Å²) in [5, 5.41) is 1.65. The van der Waals surface area contributed by atoms with Crippen molar-refractivity contribution in [3.63, 3.8) is 0 Å². The van der Waals surface area contributed by atoms with Crippen molar-refractivity contribution in [3.05, 3.63) is 62.4 Å². The zero-order valence-electron chi connectivity index (χ0n) is 37.0. The third-order valence-corrected chi connectivity index (χ3v) is 12.7. The van der Waals surface area contributed by atoms with Crippen LogP contribution < -0.4 is 23.7 Å². The summed E-state index contributed by atoms with van der Waals surface area (Å²) in [5.41, 5.74) is 1.82. The molecule has 5 aromatic rings. The summed E-state index contributed by atoms with van der Waals surface area (Å²) >= 11 is 8.49. The largest absolute Gasteiger partial charge is 0.494 e. The van der Waals surface area contributed by atoms with Gasteiger partial charge in [0.1, 0.15) is 9.66 Å². The number of ketones is 2. The Morgan fingerprint density at radius 2 is 1.09 bits per heavy atom. The molecule has 0 aliphatic carbocycles. The van der Waals surface area contributed by atoms with Crippen LogP contribution in [0.25, 0.3) is 20.4 Å². The first-order valence-electron chi connectivity index (χ1n) is 21.3. The van der Waals surface area contributed by atoms with Crippen molar-refractivity contribution in [2.45, 2.75) is 77.8 Å². The van der Waals surface area contributed by atoms with E-state index in [1.54, 1.807) is 43.2 Å². The lowest BCUT2D eigenvalue weighted by Gasteiger charge is -2.15. The van der Waals surface area contributed by atoms with Crippen LogP contribution in [0.2, 0.25) is 5.15 Å². The molecule has 0 fully saturated rings. The lowest BCUT2D eigenvalue weighted by Crippen LogP contribution is -2.26. The molecular weight excluding hydrogens is 918 g/mol. The monoisotopic (exact) mass is 967 g/mol. The van der Waals surface area contributed by atoms with Gasteiger partial charge in [0.15, 0.2) is 39.7 Å². The number of esters is 3. The molecular formula is C46H50ClN3O14S2. The van der Waals surface area contributed by atoms with Crippen molar-refractivity contribution in [3.8, 4) is 28.9 Å². The highest BCUT2D eigenvalue weighted by Gasteiger charge is 2.26. The molecule has 20 heteroatoms. The fourth-order valence-electron chi connectivity index (χ4n) is 6.80. The van der Waals surface area contributed by atoms with Gasteiger partial charge in [-0.1, -0.05) is 11.6 Å². The maximum atomic E-state index is 13.1. The molecule has 1 aliphatic heterocycles. The molecule has 0 atom stereocenters. The Labute approximate surface area is 393 Å². The molecule has 17 nitrogen and oxygen atoms in total. The Morgan fingerprint density at radius 1 is 0.576 bits per heavy atom. The van der Waals surface area contributed by atoms with Crippen molar-refractivity contribution in [2.24, 2.45) is 0 Å². The molecule has 352 valence electrons. The second kappa shape index (κ2) is 23.9. The minimum atomic E-state index is -0.501. The van der Waals surface area contributed by atoms with E-state index in [4.69, 9.17) is 49.5 Å². The molecule has 0 bridgehead atoms. The van der Waals surface area contributed by atoms with Crippen LogP contribution in [0, 0.1) is 0 Å². The first kappa shape index (κ1) is 49.4. The van der Waals surface area contributed by atoms with Gasteiger partial charge < -0.3 is 42.8 Å². The van der Waals surface area contributed by atoms with Crippen LogP contribution in [0.3, 0.4) is 0 Å². The molecule has 0 saturated carbocycles. The molecule has 6 rings (SSSR count). The number of carbonyl (C=O) groups is 6. The van der Waals surface area contributed by atoms with Gasteiger partial charge >= 0.3 is 17.9 Å². The summed E-state index contributed by atoms with van der Waals surface area (Å²) in [6.45, 7) is 3.47. The fraction of sp³-hybridized carbons (Fsp3) is 0.435. The molecule has 1 aromatic carbocycles. The Bertz CT molecular complexity index is 2580. The van der Waals surface area contributed by atoms with Gasteiger partial charge in [-0.25, -0.2) is 4.98 Å². The number of hydrogen-bond donors (Lipinski definition) is 0. The molecule has 1 amide bonds. The van der Waals surface area contributed by atoms with E-state index in [2.05, 4.69) is 9.97 Å². The minimum absolute atomic E-state index is 0.0101. The van der Waals surface area contributed by atoms with Gasteiger partial charge in [0, 0.05) is 49.5 Å². The van der Waals surface area contributed by atoms with Crippen molar-refractivity contribution < 1.29 is 66.7 Å². The summed E-state index contributed by atoms with van der Waals surface area (Å²) in [5.74, 6) is 0.156. The topological polar surface area (TPSA) is 205 Å². The number of benzene rings is 1. The highest BCUT2D eigenvalue weighted by molar-refractivity contribution is 7.20. The maximum absolute atomic E-state index is 13.1. The SMILES string of the molecule is CCOC(=O)CCC(=O)c1cc2cc(OC)c(OCCCOc3cc4c(cc3OC)CN(C(=O)CCC(=O)OCCCCOC(=O)CCC(=O)c3cc5cc(OC)c(Cl)nc5s3)C4)nc2s1. The Hall–Kier alpha value is -6.05. The van der Waals surface area contributed by atoms with Gasteiger partial charge in [-0.05, 0) is 67.3 Å². The number of thiophene rings is 2. The zero-order chi connectivity index (χ0) is 47.2. The number of ether oxygens (including phenoxy) is 8. The summed E-state index contributed by atoms with van der Waals surface area (Å²) < 4.78 is 43.7. The lowest BCUT2D eigenvalue weighted by atomic mass is 10.1. The van der Waals surface area contributed by atoms with E-state index in [1.807, 2.05) is 12.1 Å². The molecule has 0 saturated heterocycles. The van der Waals surface area contributed by atoms with E-state index in [0.717, 1.165) is 21.9 Å². The van der Waals surface area contributed by atoms with Crippen LogP contribution >= 0.6 is 34.3 Å². The first-order valence-corrected chi connectivity index (χ1v) is 23.3. The molecule has 0 radical (unpaired) electrons. The van der Waals surface area contributed by atoms with Gasteiger partial charge in [0.2, 0.25) is 5.91 Å². The second-order valence-corrected chi connectivity index (χ2v) is 17.3. The normalized spacial score (nSPS) is 11.9. The second-order valence-electron chi connectivity index (χ2n) is 14.9. The fourth-order valence-corrected chi connectivity index (χ4v) is 9.02. The molecule has 4 aromatic heterocycles. The lowest BCUT2D eigenvalue weighted by molar-refractivity contribution is -0.147. The Morgan fingerprint density at radius 3 is 1.67 bits per heavy atom. The molecule has 0 unspecified atom stereocenters. The zero-order valence-corrected chi connectivity index (χ0v) is 39.4. The van der Waals surface area contributed by atoms with Crippen LogP contribution in [-0.2, 0) is 46.5 Å². The molecule has 5 heterocycles. The van der Waals surface area contributed by atoms with Gasteiger partial charge in [-0.15, -0.1) is 22.7 Å². The summed E-state index contributed by atoms with van der Waals surface area (Å²) in [6, 6.07) is 10.6. The molecule has 1 aliphatic rings. The van der Waals surface area contributed by atoms with Gasteiger partial charge in [0.05, 0.1) is 83.4 Å². The number of nitrogens with zero attached hydrogens (tertiary/aromatic N) is 3. The van der Waals surface area contributed by atoms with E-state index in [9.17, 15) is 28.8 Å². The van der Waals surface area contributed by atoms with Crippen molar-refractivity contribution in [2.75, 3.05) is 54.4 Å². The van der Waals surface area contributed by atoms with E-state index in [1.165, 1.54) is 36.9 Å². The van der Waals surface area contributed by atoms with Crippen molar-refractivity contribution in [1.29, 1.82) is 0 Å². The Kier molecular flexibility index (Phi) is 17.9. The number of amides is 1. The standard InChI is InChI=1S/C46H50ClN3O14S2/c1-5-60-40(54)12-9-31(51)38-24-28-20-36(59-4)44(49-46(28)66-38)64-18-8-17-61-34-22-30-26-50(25-29(30)21-33(34)57-2)39(53)11-14-42(56)63-16-7-6-15-62-41(55)13-10-32(52)37-23-27-19-35(58-3)43(47)48-45(27)65-37/h19-24H,5-18,25-26H2,1-4H3. The Balaban J connectivity index is 0.850. The van der Waals surface area contributed by atoms with Crippen LogP contribution in [0.1, 0.15) is 95.2 Å². The molecule has 0 N–H and O–H groups in total. The number of rotatable bonds is 26. The van der Waals surface area contributed by atoms with E-state index in [-0.39, 0.29) is 100 Å². The van der Waals surface area contributed by atoms with Crippen LogP contribution in [0.15, 0.2) is 36.4 Å². The number of halogens is 1. The average molecular weight is 968 g/mol. The predicted octanol–water partition coefficient (Wildman–Crippen LogP) is 8.11. The number of Topliss-reactive ketones (excluding diaryl/α,β-unsaturated/α-hetero) is 2. The van der Waals surface area contributed by atoms with E-state index < -0.39 is 17.9 Å². The highest BCUT2D eigenvalue weighted by atomic mass is 35.5. The average Bonchev–Trinajstić information content (AvgIpc) is 4.05. The van der Waals surface area contributed by atoms with Gasteiger partial charge in [0.25, 0.3) is 5.88 Å². The smallest absolute Gasteiger partial charge is 0.306 e. The third kappa shape index (κ3) is 13.3. The van der Waals surface area contributed by atoms with Crippen LogP contribution in [0.4, 0.5) is 0 Å².